The summed E-state index contributed by atoms with van der Waals surface area (Å²) in [5.41, 5.74) is 1.40. The first kappa shape index (κ1) is 19.9. The number of ether oxygens (including phenoxy) is 1. The fourth-order valence-electron chi connectivity index (χ4n) is 6.55. The quantitative estimate of drug-likeness (QED) is 0.587. The lowest BCUT2D eigenvalue weighted by atomic mass is 9.51. The van der Waals surface area contributed by atoms with Gasteiger partial charge in [0.2, 0.25) is 0 Å². The number of hydrogen-bond donors (Lipinski definition) is 2. The van der Waals surface area contributed by atoms with Crippen LogP contribution in [0.4, 0.5) is 0 Å². The highest BCUT2D eigenvalue weighted by Gasteiger charge is 2.56. The normalized spacial score (nSPS) is 46.0. The third kappa shape index (κ3) is 3.24. The van der Waals surface area contributed by atoms with Gasteiger partial charge in [0.25, 0.3) is 0 Å². The summed E-state index contributed by atoms with van der Waals surface area (Å²) >= 11 is 0. The second-order valence-corrected chi connectivity index (χ2v) is 9.52. The molecule has 3 aliphatic carbocycles. The Balaban J connectivity index is 1.80. The molecule has 0 radical (unpaired) electrons. The summed E-state index contributed by atoms with van der Waals surface area (Å²) in [6.07, 6.45) is 7.17. The van der Waals surface area contributed by atoms with Gasteiger partial charge in [0.05, 0.1) is 6.10 Å². The maximum Gasteiger partial charge on any atom is 0.302 e. The fourth-order valence-corrected chi connectivity index (χ4v) is 6.55. The summed E-state index contributed by atoms with van der Waals surface area (Å²) in [6, 6.07) is 0. The summed E-state index contributed by atoms with van der Waals surface area (Å²) in [7, 11) is 0. The monoisotopic (exact) mass is 364 g/mol. The Labute approximate surface area is 158 Å². The van der Waals surface area contributed by atoms with Gasteiger partial charge in [-0.3, -0.25) is 4.79 Å². The van der Waals surface area contributed by atoms with Crippen LogP contribution < -0.4 is 0 Å². The maximum absolute atomic E-state index is 11.4. The van der Waals surface area contributed by atoms with E-state index in [2.05, 4.69) is 20.4 Å². The number of fused-ring (bicyclic) bond motifs is 1. The van der Waals surface area contributed by atoms with Crippen molar-refractivity contribution in [2.24, 2.45) is 28.6 Å². The molecule has 0 heterocycles. The van der Waals surface area contributed by atoms with E-state index in [4.69, 9.17) is 4.74 Å². The van der Waals surface area contributed by atoms with Crippen molar-refractivity contribution in [3.05, 3.63) is 12.2 Å². The van der Waals surface area contributed by atoms with E-state index in [-0.39, 0.29) is 47.4 Å². The Kier molecular flexibility index (Phi) is 5.56. The van der Waals surface area contributed by atoms with Gasteiger partial charge in [-0.2, -0.15) is 0 Å². The van der Waals surface area contributed by atoms with Crippen LogP contribution in [-0.4, -0.2) is 35.0 Å². The number of carbonyl (C=O) groups excluding carboxylic acids is 1. The number of aliphatic hydroxyl groups is 2. The fraction of sp³-hybridized carbons (Fsp3) is 0.864. The average molecular weight is 365 g/mol. The molecular weight excluding hydrogens is 328 g/mol. The lowest BCUT2D eigenvalue weighted by Gasteiger charge is -2.55. The third-order valence-electron chi connectivity index (χ3n) is 8.32. The molecule has 0 unspecified atom stereocenters. The van der Waals surface area contributed by atoms with E-state index >= 15 is 0 Å². The molecule has 0 bridgehead atoms. The van der Waals surface area contributed by atoms with Crippen molar-refractivity contribution in [1.82, 2.24) is 0 Å². The van der Waals surface area contributed by atoms with Crippen LogP contribution in [0, 0.1) is 28.6 Å². The largest absolute Gasteiger partial charge is 0.463 e. The van der Waals surface area contributed by atoms with Gasteiger partial charge in [0, 0.05) is 13.5 Å². The van der Waals surface area contributed by atoms with Crippen molar-refractivity contribution < 1.29 is 19.7 Å². The molecule has 0 aromatic carbocycles. The Morgan fingerprint density at radius 3 is 2.62 bits per heavy atom. The Morgan fingerprint density at radius 2 is 1.96 bits per heavy atom. The van der Waals surface area contributed by atoms with Crippen LogP contribution in [0.25, 0.3) is 0 Å². The number of carbonyl (C=O) groups is 1. The van der Waals surface area contributed by atoms with Crippen molar-refractivity contribution in [2.45, 2.75) is 84.3 Å². The molecule has 3 fully saturated rings. The van der Waals surface area contributed by atoms with Crippen molar-refractivity contribution in [2.75, 3.05) is 6.61 Å². The molecule has 26 heavy (non-hydrogen) atoms. The van der Waals surface area contributed by atoms with E-state index in [1.165, 1.54) is 12.5 Å². The van der Waals surface area contributed by atoms with Crippen LogP contribution in [0.3, 0.4) is 0 Å². The van der Waals surface area contributed by atoms with Crippen LogP contribution in [0.1, 0.15) is 72.1 Å². The highest BCUT2D eigenvalue weighted by Crippen LogP contribution is 2.61. The minimum atomic E-state index is -0.301. The standard InChI is InChI=1S/C22H36O4/c1-14-5-6-18-20(25)19(8-11-21(14,18)3)22(4)10-7-17(26-15(2)24)13-16(22)9-12-23/h16-20,23,25H,1,5-13H2,2-4H3/t16-,17-,18-,19-,20-,21+,22-/m0/s1. The SMILES string of the molecule is C=C1CC[C@H]2[C@H](O)[C@@H]([C@@]3(C)CC[C@H](OC(C)=O)C[C@@H]3CCO)CC[C@]12C. The molecule has 0 spiro atoms. The topological polar surface area (TPSA) is 66.8 Å². The Hall–Kier alpha value is -0.870. The van der Waals surface area contributed by atoms with Gasteiger partial charge in [-0.25, -0.2) is 0 Å². The van der Waals surface area contributed by atoms with Gasteiger partial charge in [-0.15, -0.1) is 0 Å². The predicted octanol–water partition coefficient (Wildman–Crippen LogP) is 3.85. The van der Waals surface area contributed by atoms with Gasteiger partial charge in [-0.05, 0) is 80.0 Å². The van der Waals surface area contributed by atoms with Crippen LogP contribution in [-0.2, 0) is 9.53 Å². The number of hydrogen-bond acceptors (Lipinski definition) is 4. The zero-order valence-corrected chi connectivity index (χ0v) is 16.7. The molecule has 3 saturated carbocycles. The van der Waals surface area contributed by atoms with E-state index in [1.807, 2.05) is 0 Å². The number of aliphatic hydroxyl groups excluding tert-OH is 2. The first-order chi connectivity index (χ1) is 12.2. The molecule has 0 amide bonds. The molecule has 0 aromatic heterocycles. The van der Waals surface area contributed by atoms with Gasteiger partial charge in [0.15, 0.2) is 0 Å². The van der Waals surface area contributed by atoms with Crippen molar-refractivity contribution >= 4 is 5.97 Å². The zero-order valence-electron chi connectivity index (χ0n) is 16.7. The van der Waals surface area contributed by atoms with Crippen molar-refractivity contribution in [1.29, 1.82) is 0 Å². The lowest BCUT2D eigenvalue weighted by Crippen LogP contribution is -2.53. The molecule has 0 saturated heterocycles. The Morgan fingerprint density at radius 1 is 1.23 bits per heavy atom. The van der Waals surface area contributed by atoms with Crippen molar-refractivity contribution in [3.63, 3.8) is 0 Å². The smallest absolute Gasteiger partial charge is 0.302 e. The number of rotatable bonds is 4. The average Bonchev–Trinajstić information content (AvgIpc) is 2.87. The highest BCUT2D eigenvalue weighted by atomic mass is 16.5. The first-order valence-electron chi connectivity index (χ1n) is 10.4. The number of allylic oxidation sites excluding steroid dienone is 1. The van der Waals surface area contributed by atoms with E-state index in [9.17, 15) is 15.0 Å². The van der Waals surface area contributed by atoms with E-state index < -0.39 is 0 Å². The molecule has 7 atom stereocenters. The van der Waals surface area contributed by atoms with Crippen molar-refractivity contribution in [3.8, 4) is 0 Å². The van der Waals surface area contributed by atoms with E-state index in [1.54, 1.807) is 0 Å². The summed E-state index contributed by atoms with van der Waals surface area (Å²) < 4.78 is 5.48. The van der Waals surface area contributed by atoms with Crippen LogP contribution in [0.5, 0.6) is 0 Å². The van der Waals surface area contributed by atoms with E-state index in [0.29, 0.717) is 12.3 Å². The molecule has 148 valence electrons. The van der Waals surface area contributed by atoms with E-state index in [0.717, 1.165) is 44.9 Å². The highest BCUT2D eigenvalue weighted by molar-refractivity contribution is 5.66. The number of esters is 1. The zero-order chi connectivity index (χ0) is 19.1. The predicted molar refractivity (Wildman–Crippen MR) is 101 cm³/mol. The minimum Gasteiger partial charge on any atom is -0.463 e. The molecule has 3 aliphatic rings. The molecular formula is C22H36O4. The lowest BCUT2D eigenvalue weighted by molar-refractivity contribution is -0.157. The summed E-state index contributed by atoms with van der Waals surface area (Å²) in [4.78, 5) is 11.4. The minimum absolute atomic E-state index is 0.00987. The molecule has 0 aromatic rings. The summed E-state index contributed by atoms with van der Waals surface area (Å²) in [5, 5.41) is 21.0. The molecule has 3 rings (SSSR count). The molecule has 4 nitrogen and oxygen atoms in total. The van der Waals surface area contributed by atoms with Crippen LogP contribution in [0.15, 0.2) is 12.2 Å². The summed E-state index contributed by atoms with van der Waals surface area (Å²) in [5.74, 6) is 0.617. The second-order valence-electron chi connectivity index (χ2n) is 9.52. The summed E-state index contributed by atoms with van der Waals surface area (Å²) in [6.45, 7) is 10.5. The van der Waals surface area contributed by atoms with Gasteiger partial charge < -0.3 is 14.9 Å². The van der Waals surface area contributed by atoms with Crippen LogP contribution in [0.2, 0.25) is 0 Å². The molecule has 2 N–H and O–H groups in total. The second kappa shape index (κ2) is 7.27. The first-order valence-corrected chi connectivity index (χ1v) is 10.4. The molecule has 4 heteroatoms. The van der Waals surface area contributed by atoms with Gasteiger partial charge in [-0.1, -0.05) is 26.0 Å². The maximum atomic E-state index is 11.4. The van der Waals surface area contributed by atoms with Crippen LogP contribution >= 0.6 is 0 Å². The van der Waals surface area contributed by atoms with Gasteiger partial charge >= 0.3 is 5.97 Å². The third-order valence-corrected chi connectivity index (χ3v) is 8.32. The molecule has 0 aliphatic heterocycles. The van der Waals surface area contributed by atoms with Gasteiger partial charge in [0.1, 0.15) is 6.10 Å². The Bertz CT molecular complexity index is 558.